The first-order valence-electron chi connectivity index (χ1n) is 3.76. The minimum absolute atomic E-state index is 0.167. The molecule has 0 radical (unpaired) electrons. The van der Waals surface area contributed by atoms with Gasteiger partial charge in [-0.1, -0.05) is 0 Å². The Bertz CT molecular complexity index is 334. The fourth-order valence-corrected chi connectivity index (χ4v) is 1.45. The van der Waals surface area contributed by atoms with Crippen molar-refractivity contribution in [1.82, 2.24) is 10.3 Å². The van der Waals surface area contributed by atoms with E-state index in [0.717, 1.165) is 0 Å². The molecule has 3 nitrogen and oxygen atoms in total. The number of hydrogen-bond donors (Lipinski definition) is 1. The summed E-state index contributed by atoms with van der Waals surface area (Å²) in [5, 5.41) is 2.20. The summed E-state index contributed by atoms with van der Waals surface area (Å²) in [5.74, 6) is -0.576. The molecule has 1 aromatic heterocycles. The zero-order valence-electron chi connectivity index (χ0n) is 7.18. The first-order chi connectivity index (χ1) is 6.45. The van der Waals surface area contributed by atoms with Crippen LogP contribution in [0.25, 0.3) is 0 Å². The van der Waals surface area contributed by atoms with E-state index in [1.807, 2.05) is 0 Å². The van der Waals surface area contributed by atoms with Gasteiger partial charge in [-0.15, -0.1) is 11.3 Å². The molecule has 7 heteroatoms. The van der Waals surface area contributed by atoms with Crippen LogP contribution < -0.4 is 5.32 Å². The highest BCUT2D eigenvalue weighted by molar-refractivity contribution is 7.13. The number of halogens is 3. The maximum absolute atomic E-state index is 12.1. The van der Waals surface area contributed by atoms with Crippen molar-refractivity contribution in [3.8, 4) is 0 Å². The first kappa shape index (κ1) is 11.0. The van der Waals surface area contributed by atoms with Crippen molar-refractivity contribution in [2.45, 2.75) is 13.1 Å². The third-order valence-corrected chi connectivity index (χ3v) is 2.36. The van der Waals surface area contributed by atoms with Crippen molar-refractivity contribution in [3.63, 3.8) is 0 Å². The van der Waals surface area contributed by atoms with E-state index in [1.165, 1.54) is 0 Å². The second kappa shape index (κ2) is 3.95. The molecule has 14 heavy (non-hydrogen) atoms. The van der Waals surface area contributed by atoms with Gasteiger partial charge in [-0.3, -0.25) is 4.79 Å². The molecule has 0 bridgehead atoms. The summed E-state index contributed by atoms with van der Waals surface area (Å²) in [6.07, 6.45) is -3.77. The molecular weight excluding hydrogens is 217 g/mol. The van der Waals surface area contributed by atoms with Gasteiger partial charge in [0.1, 0.15) is 4.88 Å². The van der Waals surface area contributed by atoms with Crippen molar-refractivity contribution < 1.29 is 18.0 Å². The Kier molecular flexibility index (Phi) is 3.10. The number of amides is 1. The number of carbonyl (C=O) groups excluding carboxylic acids is 1. The number of aromatic nitrogens is 1. The SMILES string of the molecule is CCNC(=O)c1ncc(C(F)(F)F)s1. The van der Waals surface area contributed by atoms with Crippen LogP contribution in [0.3, 0.4) is 0 Å². The topological polar surface area (TPSA) is 42.0 Å². The van der Waals surface area contributed by atoms with Crippen LogP contribution in [0.2, 0.25) is 0 Å². The molecule has 0 saturated carbocycles. The van der Waals surface area contributed by atoms with Crippen LogP contribution in [0.5, 0.6) is 0 Å². The normalized spacial score (nSPS) is 11.4. The number of carbonyl (C=O) groups is 1. The van der Waals surface area contributed by atoms with E-state index in [9.17, 15) is 18.0 Å². The van der Waals surface area contributed by atoms with Gasteiger partial charge in [-0.25, -0.2) is 4.98 Å². The molecule has 78 valence electrons. The minimum Gasteiger partial charge on any atom is -0.350 e. The fraction of sp³-hybridized carbons (Fsp3) is 0.429. The lowest BCUT2D eigenvalue weighted by atomic mass is 10.5. The first-order valence-corrected chi connectivity index (χ1v) is 4.58. The third-order valence-electron chi connectivity index (χ3n) is 1.32. The Morgan fingerprint density at radius 1 is 1.64 bits per heavy atom. The van der Waals surface area contributed by atoms with E-state index >= 15 is 0 Å². The van der Waals surface area contributed by atoms with Crippen LogP contribution in [0.1, 0.15) is 21.6 Å². The summed E-state index contributed by atoms with van der Waals surface area (Å²) in [7, 11) is 0. The predicted octanol–water partition coefficient (Wildman–Crippen LogP) is 1.91. The highest BCUT2D eigenvalue weighted by atomic mass is 32.1. The van der Waals surface area contributed by atoms with Crippen molar-refractivity contribution in [3.05, 3.63) is 16.1 Å². The number of nitrogens with zero attached hydrogens (tertiary/aromatic N) is 1. The average Bonchev–Trinajstić information content (AvgIpc) is 2.51. The van der Waals surface area contributed by atoms with E-state index < -0.39 is 17.0 Å². The van der Waals surface area contributed by atoms with E-state index in [4.69, 9.17) is 0 Å². The van der Waals surface area contributed by atoms with E-state index in [2.05, 4.69) is 10.3 Å². The molecule has 1 rings (SSSR count). The molecule has 1 amide bonds. The number of nitrogens with one attached hydrogen (secondary N) is 1. The molecule has 0 aliphatic heterocycles. The summed E-state index contributed by atoms with van der Waals surface area (Å²) >= 11 is 0.340. The average molecular weight is 224 g/mol. The molecule has 0 aliphatic rings. The van der Waals surface area contributed by atoms with Gasteiger partial charge in [0.25, 0.3) is 5.91 Å². The Morgan fingerprint density at radius 3 is 2.71 bits per heavy atom. The smallest absolute Gasteiger partial charge is 0.350 e. The van der Waals surface area contributed by atoms with E-state index in [0.29, 0.717) is 24.1 Å². The summed E-state index contributed by atoms with van der Waals surface area (Å²) in [6, 6.07) is 0. The van der Waals surface area contributed by atoms with Crippen LogP contribution in [-0.2, 0) is 6.18 Å². The van der Waals surface area contributed by atoms with Gasteiger partial charge < -0.3 is 5.32 Å². The summed E-state index contributed by atoms with van der Waals surface area (Å²) in [5.41, 5.74) is 0. The molecule has 1 N–H and O–H groups in total. The standard InChI is InChI=1S/C7H7F3N2OS/c1-2-11-5(13)6-12-3-4(14-6)7(8,9)10/h3H,2H2,1H3,(H,11,13). The second-order valence-corrected chi connectivity index (χ2v) is 3.42. The highest BCUT2D eigenvalue weighted by Gasteiger charge is 2.33. The quantitative estimate of drug-likeness (QED) is 0.833. The van der Waals surface area contributed by atoms with E-state index in [1.54, 1.807) is 6.92 Å². The summed E-state index contributed by atoms with van der Waals surface area (Å²) in [4.78, 5) is 13.6. The van der Waals surface area contributed by atoms with Crippen molar-refractivity contribution in [2.24, 2.45) is 0 Å². The molecule has 0 atom stereocenters. The lowest BCUT2D eigenvalue weighted by Crippen LogP contribution is -2.22. The maximum atomic E-state index is 12.1. The van der Waals surface area contributed by atoms with Gasteiger partial charge in [-0.05, 0) is 6.92 Å². The Hall–Kier alpha value is -1.11. The van der Waals surface area contributed by atoms with Crippen LogP contribution in [0, 0.1) is 0 Å². The van der Waals surface area contributed by atoms with E-state index in [-0.39, 0.29) is 5.01 Å². The largest absolute Gasteiger partial charge is 0.427 e. The van der Waals surface area contributed by atoms with Crippen LogP contribution in [0.4, 0.5) is 13.2 Å². The molecule has 0 aliphatic carbocycles. The van der Waals surface area contributed by atoms with Gasteiger partial charge in [0.15, 0.2) is 5.01 Å². The molecule has 0 unspecified atom stereocenters. The Labute approximate surface area is 82.0 Å². The Morgan fingerprint density at radius 2 is 2.29 bits per heavy atom. The number of alkyl halides is 3. The second-order valence-electron chi connectivity index (χ2n) is 2.39. The van der Waals surface area contributed by atoms with Crippen LogP contribution in [0.15, 0.2) is 6.20 Å². The molecule has 1 aromatic rings. The lowest BCUT2D eigenvalue weighted by molar-refractivity contribution is -0.134. The van der Waals surface area contributed by atoms with Gasteiger partial charge in [0, 0.05) is 6.54 Å². The third kappa shape index (κ3) is 2.44. The van der Waals surface area contributed by atoms with Crippen molar-refractivity contribution in [1.29, 1.82) is 0 Å². The minimum atomic E-state index is -4.43. The summed E-state index contributed by atoms with van der Waals surface area (Å²) in [6.45, 7) is 2.04. The molecule has 0 saturated heterocycles. The monoisotopic (exact) mass is 224 g/mol. The number of hydrogen-bond acceptors (Lipinski definition) is 3. The molecule has 0 spiro atoms. The van der Waals surface area contributed by atoms with Gasteiger partial charge in [-0.2, -0.15) is 13.2 Å². The lowest BCUT2D eigenvalue weighted by Gasteiger charge is -1.99. The number of thiazole rings is 1. The van der Waals surface area contributed by atoms with Gasteiger partial charge in [0.05, 0.1) is 6.20 Å². The molecule has 0 fully saturated rings. The zero-order chi connectivity index (χ0) is 10.8. The molecule has 0 aromatic carbocycles. The molecular formula is C7H7F3N2OS. The summed E-state index contributed by atoms with van der Waals surface area (Å²) < 4.78 is 36.3. The van der Waals surface area contributed by atoms with Crippen molar-refractivity contribution in [2.75, 3.05) is 6.54 Å². The fourth-order valence-electron chi connectivity index (χ4n) is 0.746. The molecule has 1 heterocycles. The van der Waals surface area contributed by atoms with Crippen LogP contribution >= 0.6 is 11.3 Å². The highest BCUT2D eigenvalue weighted by Crippen LogP contribution is 2.33. The zero-order valence-corrected chi connectivity index (χ0v) is 8.00. The maximum Gasteiger partial charge on any atom is 0.427 e. The van der Waals surface area contributed by atoms with Gasteiger partial charge >= 0.3 is 6.18 Å². The predicted molar refractivity (Wildman–Crippen MR) is 45.1 cm³/mol. The number of rotatable bonds is 2. The van der Waals surface area contributed by atoms with Crippen molar-refractivity contribution >= 4 is 17.2 Å². The Balaban J connectivity index is 2.83. The van der Waals surface area contributed by atoms with Crippen LogP contribution in [-0.4, -0.2) is 17.4 Å². The van der Waals surface area contributed by atoms with Gasteiger partial charge in [0.2, 0.25) is 0 Å².